The van der Waals surface area contributed by atoms with Gasteiger partial charge >= 0.3 is 0 Å². The average Bonchev–Trinajstić information content (AvgIpc) is 3.29. The van der Waals surface area contributed by atoms with Crippen LogP contribution in [0.2, 0.25) is 0 Å². The second kappa shape index (κ2) is 9.29. The third kappa shape index (κ3) is 4.29. The van der Waals surface area contributed by atoms with E-state index in [2.05, 4.69) is 26.6 Å². The van der Waals surface area contributed by atoms with Crippen LogP contribution in [-0.2, 0) is 20.8 Å². The molecule has 1 aromatic heterocycles. The largest absolute Gasteiger partial charge is 0.351 e. The van der Waals surface area contributed by atoms with Gasteiger partial charge in [0.2, 0.25) is 5.91 Å². The lowest BCUT2D eigenvalue weighted by molar-refractivity contribution is -0.143. The number of anilines is 1. The summed E-state index contributed by atoms with van der Waals surface area (Å²) in [6.45, 7) is 6.22. The fraction of sp³-hybridized carbons (Fsp3) is 0.391. The number of amides is 1. The van der Waals surface area contributed by atoms with Gasteiger partial charge in [0, 0.05) is 42.3 Å². The molecule has 1 aliphatic rings. The molecule has 1 aliphatic heterocycles. The number of carbonyl (C=O) groups is 1. The number of ether oxygens (including phenoxy) is 2. The van der Waals surface area contributed by atoms with Crippen molar-refractivity contribution in [2.45, 2.75) is 39.0 Å². The first-order chi connectivity index (χ1) is 14.6. The van der Waals surface area contributed by atoms with Gasteiger partial charge in [0.05, 0.1) is 17.6 Å². The third-order valence-corrected chi connectivity index (χ3v) is 5.82. The maximum atomic E-state index is 12.8. The summed E-state index contributed by atoms with van der Waals surface area (Å²) in [4.78, 5) is 19.6. The zero-order chi connectivity index (χ0) is 21.1. The number of imidazole rings is 1. The predicted octanol–water partition coefficient (Wildman–Crippen LogP) is 4.72. The molecule has 2 aromatic carbocycles. The molecule has 0 bridgehead atoms. The first kappa shape index (κ1) is 21.0. The Morgan fingerprint density at radius 2 is 1.90 bits per heavy atom. The van der Waals surface area contributed by atoms with E-state index in [9.17, 15) is 4.79 Å². The van der Waals surface area contributed by atoms with Gasteiger partial charge in [-0.25, -0.2) is 4.98 Å². The van der Waals surface area contributed by atoms with Gasteiger partial charge in [-0.15, -0.1) is 0 Å². The van der Waals surface area contributed by atoms with Gasteiger partial charge in [-0.2, -0.15) is 0 Å². The second-order valence-electron chi connectivity index (χ2n) is 7.29. The SMILES string of the molecule is CCOC(Cn1c(C2CC(=O)N(c3cccc(Br)c3)C2)nc2ccccc21)OCC. The van der Waals surface area contributed by atoms with Gasteiger partial charge in [-0.05, 0) is 44.2 Å². The van der Waals surface area contributed by atoms with Gasteiger partial charge < -0.3 is 18.9 Å². The van der Waals surface area contributed by atoms with Crippen molar-refractivity contribution in [2.24, 2.45) is 0 Å². The smallest absolute Gasteiger partial charge is 0.227 e. The first-order valence-electron chi connectivity index (χ1n) is 10.3. The topological polar surface area (TPSA) is 56.6 Å². The summed E-state index contributed by atoms with van der Waals surface area (Å²) in [6.07, 6.45) is 0.0821. The lowest BCUT2D eigenvalue weighted by Gasteiger charge is -2.21. The Morgan fingerprint density at radius 1 is 1.13 bits per heavy atom. The monoisotopic (exact) mass is 471 g/mol. The van der Waals surface area contributed by atoms with E-state index >= 15 is 0 Å². The third-order valence-electron chi connectivity index (χ3n) is 5.33. The Morgan fingerprint density at radius 3 is 2.63 bits per heavy atom. The molecule has 0 saturated carbocycles. The molecule has 2 heterocycles. The molecule has 1 amide bonds. The quantitative estimate of drug-likeness (QED) is 0.446. The van der Waals surface area contributed by atoms with E-state index in [0.717, 1.165) is 27.0 Å². The minimum absolute atomic E-state index is 0.00721. The number of carbonyl (C=O) groups excluding carboxylic acids is 1. The molecule has 1 atom stereocenters. The molecule has 0 N–H and O–H groups in total. The van der Waals surface area contributed by atoms with E-state index in [1.807, 2.05) is 61.2 Å². The van der Waals surface area contributed by atoms with Crippen molar-refractivity contribution >= 4 is 38.6 Å². The zero-order valence-corrected chi connectivity index (χ0v) is 18.8. The number of fused-ring (bicyclic) bond motifs is 1. The molecule has 7 heteroatoms. The highest BCUT2D eigenvalue weighted by Gasteiger charge is 2.35. The number of nitrogens with zero attached hydrogens (tertiary/aromatic N) is 3. The Kier molecular flexibility index (Phi) is 6.51. The van der Waals surface area contributed by atoms with Crippen LogP contribution in [0.3, 0.4) is 0 Å². The van der Waals surface area contributed by atoms with Crippen molar-refractivity contribution in [1.82, 2.24) is 9.55 Å². The number of benzene rings is 2. The summed E-state index contributed by atoms with van der Waals surface area (Å²) >= 11 is 3.50. The fourth-order valence-corrected chi connectivity index (χ4v) is 4.43. The van der Waals surface area contributed by atoms with E-state index in [0.29, 0.717) is 32.7 Å². The Balaban J connectivity index is 1.67. The number of rotatable bonds is 8. The maximum Gasteiger partial charge on any atom is 0.227 e. The van der Waals surface area contributed by atoms with E-state index < -0.39 is 0 Å². The minimum Gasteiger partial charge on any atom is -0.351 e. The van der Waals surface area contributed by atoms with Crippen LogP contribution in [0.25, 0.3) is 11.0 Å². The predicted molar refractivity (Wildman–Crippen MR) is 121 cm³/mol. The van der Waals surface area contributed by atoms with Gasteiger partial charge in [-0.3, -0.25) is 4.79 Å². The molecular weight excluding hydrogens is 446 g/mol. The number of para-hydroxylation sites is 2. The van der Waals surface area contributed by atoms with Crippen molar-refractivity contribution in [3.8, 4) is 0 Å². The number of halogens is 1. The van der Waals surface area contributed by atoms with Crippen LogP contribution in [0.5, 0.6) is 0 Å². The molecule has 0 aliphatic carbocycles. The molecular formula is C23H26BrN3O3. The molecule has 30 heavy (non-hydrogen) atoms. The van der Waals surface area contributed by atoms with Crippen LogP contribution in [-0.4, -0.2) is 41.5 Å². The Hall–Kier alpha value is -2.22. The van der Waals surface area contributed by atoms with Crippen molar-refractivity contribution in [2.75, 3.05) is 24.7 Å². The number of aromatic nitrogens is 2. The molecule has 0 radical (unpaired) electrons. The Bertz CT molecular complexity index is 1030. The van der Waals surface area contributed by atoms with Crippen molar-refractivity contribution in [1.29, 1.82) is 0 Å². The van der Waals surface area contributed by atoms with Crippen molar-refractivity contribution < 1.29 is 14.3 Å². The molecule has 6 nitrogen and oxygen atoms in total. The van der Waals surface area contributed by atoms with Crippen LogP contribution in [0, 0.1) is 0 Å². The van der Waals surface area contributed by atoms with E-state index in [1.54, 1.807) is 0 Å². The van der Waals surface area contributed by atoms with Crippen LogP contribution >= 0.6 is 15.9 Å². The summed E-state index contributed by atoms with van der Waals surface area (Å²) in [7, 11) is 0. The minimum atomic E-state index is -0.352. The second-order valence-corrected chi connectivity index (χ2v) is 8.21. The summed E-state index contributed by atoms with van der Waals surface area (Å²) in [6, 6.07) is 15.9. The summed E-state index contributed by atoms with van der Waals surface area (Å²) in [5.74, 6) is 1.03. The normalized spacial score (nSPS) is 16.9. The van der Waals surface area contributed by atoms with Crippen LogP contribution < -0.4 is 4.90 Å². The van der Waals surface area contributed by atoms with Crippen LogP contribution in [0.4, 0.5) is 5.69 Å². The molecule has 1 fully saturated rings. The molecule has 0 spiro atoms. The van der Waals surface area contributed by atoms with Gasteiger partial charge in [0.15, 0.2) is 6.29 Å². The number of hydrogen-bond donors (Lipinski definition) is 0. The van der Waals surface area contributed by atoms with E-state index in [1.165, 1.54) is 0 Å². The highest BCUT2D eigenvalue weighted by Crippen LogP contribution is 2.34. The first-order valence-corrected chi connectivity index (χ1v) is 11.1. The standard InChI is InChI=1S/C23H26BrN3O3/c1-3-29-22(30-4-2)15-27-20-11-6-5-10-19(20)25-23(27)16-12-21(28)26(14-16)18-9-7-8-17(24)13-18/h5-11,13,16,22H,3-4,12,14-15H2,1-2H3. The van der Waals surface area contributed by atoms with Crippen molar-refractivity contribution in [3.05, 3.63) is 58.8 Å². The van der Waals surface area contributed by atoms with Gasteiger partial charge in [0.25, 0.3) is 0 Å². The lowest BCUT2D eigenvalue weighted by Crippen LogP contribution is -2.26. The van der Waals surface area contributed by atoms with E-state index in [-0.39, 0.29) is 18.1 Å². The molecule has 158 valence electrons. The highest BCUT2D eigenvalue weighted by atomic mass is 79.9. The molecule has 3 aromatic rings. The maximum absolute atomic E-state index is 12.8. The number of hydrogen-bond acceptors (Lipinski definition) is 4. The van der Waals surface area contributed by atoms with E-state index in [4.69, 9.17) is 14.5 Å². The zero-order valence-electron chi connectivity index (χ0n) is 17.3. The summed E-state index contributed by atoms with van der Waals surface area (Å²) in [5.41, 5.74) is 2.86. The fourth-order valence-electron chi connectivity index (χ4n) is 4.05. The molecule has 1 saturated heterocycles. The lowest BCUT2D eigenvalue weighted by atomic mass is 10.1. The van der Waals surface area contributed by atoms with Crippen molar-refractivity contribution in [3.63, 3.8) is 0 Å². The summed E-state index contributed by atoms with van der Waals surface area (Å²) in [5, 5.41) is 0. The molecule has 4 rings (SSSR count). The molecule has 1 unspecified atom stereocenters. The van der Waals surface area contributed by atoms with Gasteiger partial charge in [-0.1, -0.05) is 34.1 Å². The van der Waals surface area contributed by atoms with Crippen LogP contribution in [0.15, 0.2) is 53.0 Å². The highest BCUT2D eigenvalue weighted by molar-refractivity contribution is 9.10. The van der Waals surface area contributed by atoms with Crippen LogP contribution in [0.1, 0.15) is 32.0 Å². The van der Waals surface area contributed by atoms with Gasteiger partial charge in [0.1, 0.15) is 5.82 Å². The summed E-state index contributed by atoms with van der Waals surface area (Å²) < 4.78 is 14.7. The average molecular weight is 472 g/mol. The Labute approximate surface area is 184 Å².